The molecule has 1 aliphatic rings. The van der Waals surface area contributed by atoms with Gasteiger partial charge in [0.25, 0.3) is 0 Å². The number of rotatable bonds is 3. The Kier molecular flexibility index (Phi) is 3.41. The lowest BCUT2D eigenvalue weighted by Gasteiger charge is -2.13. The fraction of sp³-hybridized carbons (Fsp3) is 0.778. The summed E-state index contributed by atoms with van der Waals surface area (Å²) >= 11 is 0. The lowest BCUT2D eigenvalue weighted by molar-refractivity contribution is 0.160. The van der Waals surface area contributed by atoms with Crippen LogP contribution >= 0.6 is 0 Å². The number of likely N-dealkylation sites (tertiary alicyclic amines) is 1. The summed E-state index contributed by atoms with van der Waals surface area (Å²) in [7, 11) is 1.73. The largest absolute Gasteiger partial charge is 0.383 e. The van der Waals surface area contributed by atoms with Gasteiger partial charge in [-0.25, -0.2) is 0 Å². The predicted octanol–water partition coefficient (Wildman–Crippen LogP) is 0.588. The number of hydrogen-bond donors (Lipinski definition) is 0. The molecule has 0 aromatic rings. The molecule has 0 aliphatic carbocycles. The van der Waals surface area contributed by atoms with E-state index in [0.29, 0.717) is 5.92 Å². The van der Waals surface area contributed by atoms with Crippen molar-refractivity contribution in [3.8, 4) is 12.3 Å². The van der Waals surface area contributed by atoms with Crippen molar-refractivity contribution in [1.29, 1.82) is 0 Å². The van der Waals surface area contributed by atoms with Crippen LogP contribution in [0.5, 0.6) is 0 Å². The van der Waals surface area contributed by atoms with Crippen molar-refractivity contribution in [3.05, 3.63) is 0 Å². The molecule has 1 saturated heterocycles. The van der Waals surface area contributed by atoms with Crippen LogP contribution in [0.3, 0.4) is 0 Å². The van der Waals surface area contributed by atoms with Crippen LogP contribution in [-0.2, 0) is 4.74 Å². The van der Waals surface area contributed by atoms with Crippen LogP contribution in [-0.4, -0.2) is 38.3 Å². The molecule has 11 heavy (non-hydrogen) atoms. The fourth-order valence-corrected chi connectivity index (χ4v) is 1.39. The second-order valence-electron chi connectivity index (χ2n) is 2.95. The van der Waals surface area contributed by atoms with Gasteiger partial charge in [-0.1, -0.05) is 0 Å². The summed E-state index contributed by atoms with van der Waals surface area (Å²) in [4.78, 5) is 2.36. The van der Waals surface area contributed by atoms with Gasteiger partial charge in [0.1, 0.15) is 0 Å². The Balaban J connectivity index is 2.15. The first-order valence-corrected chi connectivity index (χ1v) is 4.04. The minimum absolute atomic E-state index is 0.479. The van der Waals surface area contributed by atoms with Crippen LogP contribution in [0.1, 0.15) is 6.42 Å². The molecule has 1 unspecified atom stereocenters. The first-order chi connectivity index (χ1) is 5.36. The summed E-state index contributed by atoms with van der Waals surface area (Å²) in [6.07, 6.45) is 6.47. The molecule has 1 rings (SSSR count). The minimum atomic E-state index is 0.479. The van der Waals surface area contributed by atoms with Crippen LogP contribution in [0.2, 0.25) is 0 Å². The van der Waals surface area contributed by atoms with Gasteiger partial charge < -0.3 is 4.74 Å². The van der Waals surface area contributed by atoms with E-state index in [-0.39, 0.29) is 0 Å². The van der Waals surface area contributed by atoms with Crippen molar-refractivity contribution in [3.63, 3.8) is 0 Å². The summed E-state index contributed by atoms with van der Waals surface area (Å²) in [5.41, 5.74) is 0. The van der Waals surface area contributed by atoms with Crippen molar-refractivity contribution in [2.75, 3.05) is 33.4 Å². The number of ether oxygens (including phenoxy) is 1. The Hall–Kier alpha value is -0.520. The van der Waals surface area contributed by atoms with Gasteiger partial charge in [0, 0.05) is 26.1 Å². The molecule has 0 spiro atoms. The number of methoxy groups -OCH3 is 1. The monoisotopic (exact) mass is 153 g/mol. The molecule has 1 atom stereocenters. The van der Waals surface area contributed by atoms with Crippen molar-refractivity contribution in [2.24, 2.45) is 5.92 Å². The van der Waals surface area contributed by atoms with Gasteiger partial charge in [-0.2, -0.15) is 0 Å². The zero-order valence-corrected chi connectivity index (χ0v) is 7.05. The van der Waals surface area contributed by atoms with Crippen LogP contribution in [0.25, 0.3) is 0 Å². The van der Waals surface area contributed by atoms with E-state index in [9.17, 15) is 0 Å². The van der Waals surface area contributed by atoms with E-state index >= 15 is 0 Å². The molecule has 0 saturated carbocycles. The van der Waals surface area contributed by atoms with E-state index < -0.39 is 0 Å². The summed E-state index contributed by atoms with van der Waals surface area (Å²) in [5, 5.41) is 0. The molecule has 0 aromatic carbocycles. The van der Waals surface area contributed by atoms with E-state index in [1.807, 2.05) is 0 Å². The Morgan fingerprint density at radius 1 is 1.73 bits per heavy atom. The third-order valence-electron chi connectivity index (χ3n) is 2.12. The molecule has 2 heteroatoms. The molecular formula is C9H15NO. The summed E-state index contributed by atoms with van der Waals surface area (Å²) < 4.78 is 4.98. The molecule has 1 aliphatic heterocycles. The molecule has 1 fully saturated rings. The van der Waals surface area contributed by atoms with Crippen LogP contribution in [0.15, 0.2) is 0 Å². The van der Waals surface area contributed by atoms with Gasteiger partial charge in [-0.15, -0.1) is 12.3 Å². The highest BCUT2D eigenvalue weighted by Gasteiger charge is 2.19. The van der Waals surface area contributed by atoms with Crippen molar-refractivity contribution in [1.82, 2.24) is 4.90 Å². The van der Waals surface area contributed by atoms with E-state index in [2.05, 4.69) is 10.8 Å². The van der Waals surface area contributed by atoms with E-state index in [1.54, 1.807) is 7.11 Å². The smallest absolute Gasteiger partial charge is 0.0589 e. The fourth-order valence-electron chi connectivity index (χ4n) is 1.39. The van der Waals surface area contributed by atoms with Crippen molar-refractivity contribution in [2.45, 2.75) is 6.42 Å². The molecular weight excluding hydrogens is 138 g/mol. The molecule has 2 nitrogen and oxygen atoms in total. The summed E-state index contributed by atoms with van der Waals surface area (Å²) in [6, 6.07) is 0. The third kappa shape index (κ3) is 2.53. The van der Waals surface area contributed by atoms with Gasteiger partial charge in [-0.3, -0.25) is 4.90 Å². The number of terminal acetylenes is 1. The standard InChI is InChI=1S/C9H15NO/c1-3-9-4-5-10(8-9)6-7-11-2/h1,9H,4-8H2,2H3. The molecule has 0 amide bonds. The number of hydrogen-bond acceptors (Lipinski definition) is 2. The molecule has 1 heterocycles. The van der Waals surface area contributed by atoms with Gasteiger partial charge in [0.15, 0.2) is 0 Å². The zero-order chi connectivity index (χ0) is 8.10. The topological polar surface area (TPSA) is 12.5 Å². The maximum atomic E-state index is 5.32. The Bertz CT molecular complexity index is 150. The molecule has 62 valence electrons. The van der Waals surface area contributed by atoms with E-state index in [1.165, 1.54) is 0 Å². The highest BCUT2D eigenvalue weighted by atomic mass is 16.5. The third-order valence-corrected chi connectivity index (χ3v) is 2.12. The average Bonchev–Trinajstić information content (AvgIpc) is 2.48. The lowest BCUT2D eigenvalue weighted by Crippen LogP contribution is -2.24. The van der Waals surface area contributed by atoms with Gasteiger partial charge >= 0.3 is 0 Å². The molecule has 0 aromatic heterocycles. The minimum Gasteiger partial charge on any atom is -0.383 e. The Morgan fingerprint density at radius 2 is 2.55 bits per heavy atom. The van der Waals surface area contributed by atoms with Crippen LogP contribution in [0, 0.1) is 18.3 Å². The summed E-state index contributed by atoms with van der Waals surface area (Å²) in [6.45, 7) is 4.03. The highest BCUT2D eigenvalue weighted by Crippen LogP contribution is 2.13. The van der Waals surface area contributed by atoms with Gasteiger partial charge in [-0.05, 0) is 13.0 Å². The molecule has 0 bridgehead atoms. The van der Waals surface area contributed by atoms with Gasteiger partial charge in [0.05, 0.1) is 6.61 Å². The first kappa shape index (κ1) is 8.58. The van der Waals surface area contributed by atoms with Crippen LogP contribution in [0.4, 0.5) is 0 Å². The summed E-state index contributed by atoms with van der Waals surface area (Å²) in [5.74, 6) is 3.27. The number of nitrogens with zero attached hydrogens (tertiary/aromatic N) is 1. The van der Waals surface area contributed by atoms with Crippen molar-refractivity contribution >= 4 is 0 Å². The normalized spacial score (nSPS) is 25.3. The maximum absolute atomic E-state index is 5.32. The quantitative estimate of drug-likeness (QED) is 0.550. The highest BCUT2D eigenvalue weighted by molar-refractivity contribution is 4.97. The SMILES string of the molecule is C#CC1CCN(CCOC)C1. The predicted molar refractivity (Wildman–Crippen MR) is 45.3 cm³/mol. The zero-order valence-electron chi connectivity index (χ0n) is 7.05. The van der Waals surface area contributed by atoms with E-state index in [0.717, 1.165) is 32.7 Å². The van der Waals surface area contributed by atoms with E-state index in [4.69, 9.17) is 11.2 Å². The second-order valence-corrected chi connectivity index (χ2v) is 2.95. The first-order valence-electron chi connectivity index (χ1n) is 4.04. The van der Waals surface area contributed by atoms with Crippen LogP contribution < -0.4 is 0 Å². The van der Waals surface area contributed by atoms with Gasteiger partial charge in [0.2, 0.25) is 0 Å². The maximum Gasteiger partial charge on any atom is 0.0589 e. The van der Waals surface area contributed by atoms with Crippen molar-refractivity contribution < 1.29 is 4.74 Å². The Labute approximate surface area is 68.5 Å². The average molecular weight is 153 g/mol. The molecule has 0 N–H and O–H groups in total. The second kappa shape index (κ2) is 4.38. The molecule has 0 radical (unpaired) electrons. The lowest BCUT2D eigenvalue weighted by atomic mass is 10.1. The Morgan fingerprint density at radius 3 is 3.09 bits per heavy atom.